The van der Waals surface area contributed by atoms with Crippen molar-refractivity contribution < 1.29 is 14.6 Å². The number of hydrogen-bond acceptors (Lipinski definition) is 5. The van der Waals surface area contributed by atoms with Gasteiger partial charge in [-0.2, -0.15) is 0 Å². The molecule has 1 unspecified atom stereocenters. The van der Waals surface area contributed by atoms with Crippen LogP contribution >= 0.6 is 0 Å². The normalized spacial score (nSPS) is 12.5. The lowest BCUT2D eigenvalue weighted by atomic mass is 10.2. The third-order valence-electron chi connectivity index (χ3n) is 1.84. The van der Waals surface area contributed by atoms with Crippen LogP contribution in [0.15, 0.2) is 12.1 Å². The lowest BCUT2D eigenvalue weighted by Gasteiger charge is -2.09. The van der Waals surface area contributed by atoms with E-state index >= 15 is 0 Å². The van der Waals surface area contributed by atoms with Crippen molar-refractivity contribution in [2.45, 2.75) is 19.4 Å². The summed E-state index contributed by atoms with van der Waals surface area (Å²) in [6.45, 7) is 2.90. The minimum Gasteiger partial charge on any atom is -0.480 e. The van der Waals surface area contributed by atoms with Gasteiger partial charge in [0.25, 0.3) is 0 Å². The van der Waals surface area contributed by atoms with E-state index in [2.05, 4.69) is 10.2 Å². The first-order valence-electron chi connectivity index (χ1n) is 4.91. The van der Waals surface area contributed by atoms with E-state index in [0.717, 1.165) is 6.42 Å². The SMILES string of the molecule is CCCOCC(O)c1ccc(OC)nn1. The Hall–Kier alpha value is -1.20. The van der Waals surface area contributed by atoms with Gasteiger partial charge in [-0.25, -0.2) is 0 Å². The molecule has 1 atom stereocenters. The molecule has 1 heterocycles. The maximum atomic E-state index is 9.64. The molecule has 0 aliphatic rings. The smallest absolute Gasteiger partial charge is 0.233 e. The van der Waals surface area contributed by atoms with Gasteiger partial charge in [0.1, 0.15) is 6.10 Å². The van der Waals surface area contributed by atoms with E-state index in [1.807, 2.05) is 6.92 Å². The molecule has 1 aromatic rings. The van der Waals surface area contributed by atoms with Crippen molar-refractivity contribution >= 4 is 0 Å². The minimum absolute atomic E-state index is 0.245. The van der Waals surface area contributed by atoms with Crippen molar-refractivity contribution in [2.75, 3.05) is 20.3 Å². The standard InChI is InChI=1S/C10H16N2O3/c1-3-6-15-7-9(13)8-4-5-10(14-2)12-11-8/h4-5,9,13H,3,6-7H2,1-2H3. The molecule has 5 heteroatoms. The van der Waals surface area contributed by atoms with E-state index in [-0.39, 0.29) is 6.61 Å². The van der Waals surface area contributed by atoms with Gasteiger partial charge >= 0.3 is 0 Å². The molecule has 0 bridgehead atoms. The zero-order valence-corrected chi connectivity index (χ0v) is 9.01. The number of aliphatic hydroxyl groups is 1. The molecule has 0 amide bonds. The van der Waals surface area contributed by atoms with Gasteiger partial charge in [0, 0.05) is 12.7 Å². The predicted molar refractivity (Wildman–Crippen MR) is 54.7 cm³/mol. The van der Waals surface area contributed by atoms with E-state index in [0.29, 0.717) is 18.2 Å². The van der Waals surface area contributed by atoms with Crippen LogP contribution in [0.3, 0.4) is 0 Å². The van der Waals surface area contributed by atoms with Crippen molar-refractivity contribution in [2.24, 2.45) is 0 Å². The number of aliphatic hydroxyl groups excluding tert-OH is 1. The lowest BCUT2D eigenvalue weighted by Crippen LogP contribution is -2.10. The molecule has 1 N–H and O–H groups in total. The first-order chi connectivity index (χ1) is 7.27. The summed E-state index contributed by atoms with van der Waals surface area (Å²) in [4.78, 5) is 0. The summed E-state index contributed by atoms with van der Waals surface area (Å²) in [7, 11) is 1.52. The molecule has 1 aromatic heterocycles. The first kappa shape index (κ1) is 11.9. The van der Waals surface area contributed by atoms with E-state index in [4.69, 9.17) is 9.47 Å². The molecule has 0 fully saturated rings. The van der Waals surface area contributed by atoms with Crippen LogP contribution in [0.2, 0.25) is 0 Å². The Kier molecular flexibility index (Phi) is 5.00. The van der Waals surface area contributed by atoms with Gasteiger partial charge < -0.3 is 14.6 Å². The van der Waals surface area contributed by atoms with Gasteiger partial charge in [-0.05, 0) is 12.5 Å². The van der Waals surface area contributed by atoms with Crippen LogP contribution in [0, 0.1) is 0 Å². The average Bonchev–Trinajstić information content (AvgIpc) is 2.29. The van der Waals surface area contributed by atoms with E-state index < -0.39 is 6.10 Å². The predicted octanol–water partition coefficient (Wildman–Crippen LogP) is 0.945. The Balaban J connectivity index is 2.46. The number of rotatable bonds is 6. The summed E-state index contributed by atoms with van der Waals surface area (Å²) in [5.41, 5.74) is 0.493. The van der Waals surface area contributed by atoms with Crippen LogP contribution in [0.1, 0.15) is 25.1 Å². The highest BCUT2D eigenvalue weighted by Crippen LogP contribution is 2.11. The van der Waals surface area contributed by atoms with Gasteiger partial charge in [0.15, 0.2) is 0 Å². The third-order valence-corrected chi connectivity index (χ3v) is 1.84. The van der Waals surface area contributed by atoms with Crippen LogP contribution < -0.4 is 4.74 Å². The molecule has 1 rings (SSSR count). The maximum Gasteiger partial charge on any atom is 0.233 e. The Labute approximate surface area is 89.1 Å². The van der Waals surface area contributed by atoms with Gasteiger partial charge in [-0.3, -0.25) is 0 Å². The van der Waals surface area contributed by atoms with Crippen molar-refractivity contribution in [3.8, 4) is 5.88 Å². The molecule has 15 heavy (non-hydrogen) atoms. The fourth-order valence-corrected chi connectivity index (χ4v) is 1.04. The molecule has 0 saturated heterocycles. The molecular formula is C10H16N2O3. The number of ether oxygens (including phenoxy) is 2. The Morgan fingerprint density at radius 2 is 2.20 bits per heavy atom. The van der Waals surface area contributed by atoms with E-state index in [1.54, 1.807) is 12.1 Å². The highest BCUT2D eigenvalue weighted by Gasteiger charge is 2.09. The van der Waals surface area contributed by atoms with Crippen molar-refractivity contribution in [1.82, 2.24) is 10.2 Å². The van der Waals surface area contributed by atoms with E-state index in [1.165, 1.54) is 7.11 Å². The molecule has 5 nitrogen and oxygen atoms in total. The molecule has 0 radical (unpaired) electrons. The van der Waals surface area contributed by atoms with Gasteiger partial charge in [0.05, 0.1) is 19.4 Å². The average molecular weight is 212 g/mol. The van der Waals surface area contributed by atoms with Crippen molar-refractivity contribution in [1.29, 1.82) is 0 Å². The van der Waals surface area contributed by atoms with E-state index in [9.17, 15) is 5.11 Å². The Morgan fingerprint density at radius 3 is 2.73 bits per heavy atom. The number of aromatic nitrogens is 2. The number of nitrogens with zero attached hydrogens (tertiary/aromatic N) is 2. The minimum atomic E-state index is -0.727. The molecule has 0 spiro atoms. The number of methoxy groups -OCH3 is 1. The van der Waals surface area contributed by atoms with Gasteiger partial charge in [-0.15, -0.1) is 10.2 Å². The zero-order chi connectivity index (χ0) is 11.1. The molecule has 0 saturated carbocycles. The quantitative estimate of drug-likeness (QED) is 0.711. The van der Waals surface area contributed by atoms with Crippen LogP contribution in [0.25, 0.3) is 0 Å². The molecule has 0 aromatic carbocycles. The van der Waals surface area contributed by atoms with Crippen molar-refractivity contribution in [3.63, 3.8) is 0 Å². The summed E-state index contributed by atoms with van der Waals surface area (Å²) >= 11 is 0. The molecule has 0 aliphatic heterocycles. The van der Waals surface area contributed by atoms with Crippen LogP contribution in [-0.2, 0) is 4.74 Å². The highest BCUT2D eigenvalue weighted by atomic mass is 16.5. The fraction of sp³-hybridized carbons (Fsp3) is 0.600. The number of hydrogen-bond donors (Lipinski definition) is 1. The fourth-order valence-electron chi connectivity index (χ4n) is 1.04. The third kappa shape index (κ3) is 3.81. The summed E-state index contributed by atoms with van der Waals surface area (Å²) in [6, 6.07) is 3.33. The second-order valence-corrected chi connectivity index (χ2v) is 3.09. The lowest BCUT2D eigenvalue weighted by molar-refractivity contribution is 0.0337. The topological polar surface area (TPSA) is 64.5 Å². The summed E-state index contributed by atoms with van der Waals surface area (Å²) in [5.74, 6) is 0.431. The first-order valence-corrected chi connectivity index (χ1v) is 4.91. The summed E-state index contributed by atoms with van der Waals surface area (Å²) < 4.78 is 10.1. The second kappa shape index (κ2) is 6.31. The second-order valence-electron chi connectivity index (χ2n) is 3.09. The van der Waals surface area contributed by atoms with Crippen LogP contribution in [-0.4, -0.2) is 35.6 Å². The van der Waals surface area contributed by atoms with Crippen LogP contribution in [0.5, 0.6) is 5.88 Å². The highest BCUT2D eigenvalue weighted by molar-refractivity contribution is 5.12. The van der Waals surface area contributed by atoms with Gasteiger partial charge in [0.2, 0.25) is 5.88 Å². The van der Waals surface area contributed by atoms with Crippen molar-refractivity contribution in [3.05, 3.63) is 17.8 Å². The zero-order valence-electron chi connectivity index (χ0n) is 9.01. The Morgan fingerprint density at radius 1 is 1.40 bits per heavy atom. The maximum absolute atomic E-state index is 9.64. The van der Waals surface area contributed by atoms with Crippen LogP contribution in [0.4, 0.5) is 0 Å². The Bertz CT molecular complexity index is 277. The molecular weight excluding hydrogens is 196 g/mol. The molecule has 84 valence electrons. The van der Waals surface area contributed by atoms with Gasteiger partial charge in [-0.1, -0.05) is 6.92 Å². The molecule has 0 aliphatic carbocycles. The largest absolute Gasteiger partial charge is 0.480 e. The summed E-state index contributed by atoms with van der Waals surface area (Å²) in [6.07, 6.45) is 0.205. The monoisotopic (exact) mass is 212 g/mol. The summed E-state index contributed by atoms with van der Waals surface area (Å²) in [5, 5.41) is 17.2.